The second-order valence-corrected chi connectivity index (χ2v) is 14.4. The Bertz CT molecular complexity index is 1480. The van der Waals surface area contributed by atoms with Crippen molar-refractivity contribution in [3.8, 4) is 5.75 Å². The van der Waals surface area contributed by atoms with Crippen LogP contribution in [0.25, 0.3) is 0 Å². The van der Waals surface area contributed by atoms with Crippen molar-refractivity contribution >= 4 is 30.2 Å². The van der Waals surface area contributed by atoms with Crippen LogP contribution in [0.1, 0.15) is 60.8 Å². The van der Waals surface area contributed by atoms with Crippen LogP contribution < -0.4 is 10.1 Å². The van der Waals surface area contributed by atoms with Crippen molar-refractivity contribution in [3.63, 3.8) is 0 Å². The summed E-state index contributed by atoms with van der Waals surface area (Å²) in [6, 6.07) is 11.6. The number of anilines is 1. The number of carbonyl (C=O) groups is 4. The van der Waals surface area contributed by atoms with E-state index in [1.165, 1.54) is 12.8 Å². The SMILES string of the molecule is Cc1cc(C[C@@H](OC(=O)N2CCC(N3CCc4ccccc4NC3=O)CC2)C(=O)N2CCC(C3CCN(C)CC3)CC2)cc(C)c1OC=O. The van der Waals surface area contributed by atoms with Crippen LogP contribution in [0.2, 0.25) is 0 Å². The molecule has 3 saturated heterocycles. The molecular weight excluding hydrogens is 622 g/mol. The highest BCUT2D eigenvalue weighted by Gasteiger charge is 2.37. The average Bonchev–Trinajstić information content (AvgIpc) is 3.27. The van der Waals surface area contributed by atoms with E-state index in [9.17, 15) is 19.2 Å². The van der Waals surface area contributed by atoms with Crippen LogP contribution in [0.15, 0.2) is 36.4 Å². The fourth-order valence-electron chi connectivity index (χ4n) is 8.37. The summed E-state index contributed by atoms with van der Waals surface area (Å²) >= 11 is 0. The van der Waals surface area contributed by atoms with Crippen LogP contribution in [0.4, 0.5) is 15.3 Å². The summed E-state index contributed by atoms with van der Waals surface area (Å²) in [7, 11) is 2.18. The van der Waals surface area contributed by atoms with Crippen molar-refractivity contribution in [1.29, 1.82) is 0 Å². The van der Waals surface area contributed by atoms with E-state index >= 15 is 0 Å². The van der Waals surface area contributed by atoms with Gasteiger partial charge in [-0.3, -0.25) is 9.59 Å². The normalized spacial score (nSPS) is 20.6. The number of likely N-dealkylation sites (tertiary alicyclic amines) is 3. The number of fused-ring (bicyclic) bond motifs is 1. The van der Waals surface area contributed by atoms with Gasteiger partial charge >= 0.3 is 12.1 Å². The van der Waals surface area contributed by atoms with Crippen molar-refractivity contribution in [2.24, 2.45) is 11.8 Å². The molecule has 6 rings (SSSR count). The Hall–Kier alpha value is -4.12. The molecular formula is C38H51N5O6. The minimum Gasteiger partial charge on any atom is -0.436 e. The number of carbonyl (C=O) groups excluding carboxylic acids is 4. The zero-order valence-corrected chi connectivity index (χ0v) is 29.2. The van der Waals surface area contributed by atoms with Crippen LogP contribution >= 0.6 is 0 Å². The minimum atomic E-state index is -0.975. The van der Waals surface area contributed by atoms with Crippen molar-refractivity contribution < 1.29 is 28.7 Å². The number of hydrogen-bond acceptors (Lipinski definition) is 7. The van der Waals surface area contributed by atoms with Gasteiger partial charge in [-0.2, -0.15) is 0 Å². The summed E-state index contributed by atoms with van der Waals surface area (Å²) < 4.78 is 11.3. The molecule has 2 aromatic carbocycles. The van der Waals surface area contributed by atoms with Crippen LogP contribution in [0.5, 0.6) is 5.75 Å². The molecule has 1 N–H and O–H groups in total. The first kappa shape index (κ1) is 34.7. The Balaban J connectivity index is 1.10. The average molecular weight is 674 g/mol. The summed E-state index contributed by atoms with van der Waals surface area (Å²) in [6.07, 6.45) is 5.17. The van der Waals surface area contributed by atoms with Gasteiger partial charge in [0.25, 0.3) is 12.4 Å². The number of nitrogens with one attached hydrogen (secondary N) is 1. The van der Waals surface area contributed by atoms with E-state index in [1.54, 1.807) is 4.90 Å². The smallest absolute Gasteiger partial charge is 0.410 e. The van der Waals surface area contributed by atoms with E-state index in [0.717, 1.165) is 60.3 Å². The van der Waals surface area contributed by atoms with Crippen molar-refractivity contribution in [2.45, 2.75) is 77.4 Å². The number of hydrogen-bond donors (Lipinski definition) is 1. The van der Waals surface area contributed by atoms with Gasteiger partial charge in [0.15, 0.2) is 6.10 Å². The van der Waals surface area contributed by atoms with Gasteiger partial charge in [-0.05, 0) is 119 Å². The highest BCUT2D eigenvalue weighted by Crippen LogP contribution is 2.33. The van der Waals surface area contributed by atoms with Crippen LogP contribution in [0, 0.1) is 25.7 Å². The highest BCUT2D eigenvalue weighted by molar-refractivity contribution is 5.91. The zero-order chi connectivity index (χ0) is 34.5. The highest BCUT2D eigenvalue weighted by atomic mass is 16.6. The molecule has 264 valence electrons. The third-order valence-corrected chi connectivity index (χ3v) is 11.2. The molecule has 3 fully saturated rings. The molecule has 1 atom stereocenters. The molecule has 11 heteroatoms. The molecule has 11 nitrogen and oxygen atoms in total. The van der Waals surface area contributed by atoms with Gasteiger partial charge in [0, 0.05) is 50.9 Å². The number of urea groups is 1. The monoisotopic (exact) mass is 673 g/mol. The Labute approximate surface area is 289 Å². The molecule has 0 aromatic heterocycles. The van der Waals surface area contributed by atoms with E-state index in [4.69, 9.17) is 9.47 Å². The number of piperidine rings is 3. The van der Waals surface area contributed by atoms with Gasteiger partial charge < -0.3 is 34.4 Å². The number of benzene rings is 2. The summed E-state index contributed by atoms with van der Waals surface area (Å²) in [6.45, 7) is 9.25. The fourth-order valence-corrected chi connectivity index (χ4v) is 8.37. The second-order valence-electron chi connectivity index (χ2n) is 14.4. The molecule has 0 aliphatic carbocycles. The Kier molecular flexibility index (Phi) is 11.1. The van der Waals surface area contributed by atoms with Gasteiger partial charge in [0.2, 0.25) is 0 Å². The number of ether oxygens (including phenoxy) is 2. The predicted molar refractivity (Wildman–Crippen MR) is 187 cm³/mol. The third-order valence-electron chi connectivity index (χ3n) is 11.2. The van der Waals surface area contributed by atoms with E-state index in [1.807, 2.05) is 60.0 Å². The maximum absolute atomic E-state index is 14.1. The number of rotatable bonds is 8. The molecule has 4 aliphatic rings. The topological polar surface area (TPSA) is 112 Å². The molecule has 0 saturated carbocycles. The van der Waals surface area contributed by atoms with Gasteiger partial charge in [-0.15, -0.1) is 0 Å². The molecule has 0 bridgehead atoms. The first-order valence-corrected chi connectivity index (χ1v) is 18.0. The quantitative estimate of drug-likeness (QED) is 0.392. The maximum Gasteiger partial charge on any atom is 0.410 e. The van der Waals surface area contributed by atoms with E-state index in [-0.39, 0.29) is 24.4 Å². The maximum atomic E-state index is 14.1. The molecule has 0 radical (unpaired) electrons. The van der Waals surface area contributed by atoms with Crippen molar-refractivity contribution in [1.82, 2.24) is 19.6 Å². The van der Waals surface area contributed by atoms with Crippen LogP contribution in [-0.2, 0) is 27.2 Å². The van der Waals surface area contributed by atoms with Gasteiger partial charge in [0.05, 0.1) is 0 Å². The molecule has 49 heavy (non-hydrogen) atoms. The lowest BCUT2D eigenvalue weighted by Gasteiger charge is -2.40. The largest absolute Gasteiger partial charge is 0.436 e. The number of aryl methyl sites for hydroxylation is 2. The Morgan fingerprint density at radius 2 is 1.49 bits per heavy atom. The molecule has 4 amide bonds. The molecule has 0 spiro atoms. The van der Waals surface area contributed by atoms with E-state index in [0.29, 0.717) is 69.6 Å². The molecule has 0 unspecified atom stereocenters. The number of nitrogens with zero attached hydrogens (tertiary/aromatic N) is 4. The first-order valence-electron chi connectivity index (χ1n) is 18.0. The number of amides is 4. The Morgan fingerprint density at radius 1 is 0.878 bits per heavy atom. The zero-order valence-electron chi connectivity index (χ0n) is 29.2. The van der Waals surface area contributed by atoms with E-state index in [2.05, 4.69) is 17.3 Å². The molecule has 4 heterocycles. The van der Waals surface area contributed by atoms with Gasteiger partial charge in [-0.25, -0.2) is 9.59 Å². The lowest BCUT2D eigenvalue weighted by Crippen LogP contribution is -2.52. The standard InChI is InChI=1S/C38H51N5O6/c1-26-22-28(23-27(2)35(26)48-25-44)24-34(36(45)41-17-10-30(11-18-41)29-8-15-40(3)16-9-29)49-38(47)42-19-13-32(14-20-42)43-21-12-31-6-4-5-7-33(31)39-37(43)46/h4-7,22-23,25,29-30,32,34H,8-21,24H2,1-3H3,(H,39,46)/t34-/m1/s1. The second kappa shape index (κ2) is 15.6. The van der Waals surface area contributed by atoms with E-state index < -0.39 is 12.2 Å². The summed E-state index contributed by atoms with van der Waals surface area (Å²) in [5.41, 5.74) is 4.38. The molecule has 4 aliphatic heterocycles. The lowest BCUT2D eigenvalue weighted by molar-refractivity contribution is -0.142. The first-order chi connectivity index (χ1) is 23.7. The van der Waals surface area contributed by atoms with Crippen LogP contribution in [0.3, 0.4) is 0 Å². The Morgan fingerprint density at radius 3 is 2.14 bits per heavy atom. The van der Waals surface area contributed by atoms with Crippen molar-refractivity contribution in [3.05, 3.63) is 58.7 Å². The minimum absolute atomic E-state index is 0.0136. The summed E-state index contributed by atoms with van der Waals surface area (Å²) in [5, 5.41) is 3.05. The van der Waals surface area contributed by atoms with Crippen LogP contribution in [-0.4, -0.2) is 109 Å². The summed E-state index contributed by atoms with van der Waals surface area (Å²) in [5.74, 6) is 1.67. The third kappa shape index (κ3) is 8.20. The van der Waals surface area contributed by atoms with Gasteiger partial charge in [-0.1, -0.05) is 30.3 Å². The lowest BCUT2D eigenvalue weighted by atomic mass is 9.79. The molecule has 2 aromatic rings. The number of para-hydroxylation sites is 1. The van der Waals surface area contributed by atoms with Gasteiger partial charge in [0.1, 0.15) is 5.75 Å². The van der Waals surface area contributed by atoms with Crippen molar-refractivity contribution in [2.75, 3.05) is 58.2 Å². The fraction of sp³-hybridized carbons (Fsp3) is 0.579. The predicted octanol–water partition coefficient (Wildman–Crippen LogP) is 5.02. The summed E-state index contributed by atoms with van der Waals surface area (Å²) in [4.78, 5) is 59.8.